The van der Waals surface area contributed by atoms with Crippen LogP contribution in [0.1, 0.15) is 0 Å². The molecule has 0 amide bonds. The number of hydrogen-bond donors (Lipinski definition) is 0. The summed E-state index contributed by atoms with van der Waals surface area (Å²) in [4.78, 5) is 15.0. The number of aromatic nitrogens is 3. The smallest absolute Gasteiger partial charge is 0.212 e. The van der Waals surface area contributed by atoms with Crippen molar-refractivity contribution in [3.63, 3.8) is 0 Å². The van der Waals surface area contributed by atoms with Crippen molar-refractivity contribution < 1.29 is 9.47 Å². The fourth-order valence-corrected chi connectivity index (χ4v) is 2.12. The van der Waals surface area contributed by atoms with E-state index in [1.807, 2.05) is 18.2 Å². The summed E-state index contributed by atoms with van der Waals surface area (Å²) in [5, 5.41) is 0. The number of morpholine rings is 1. The lowest BCUT2D eigenvalue weighted by atomic mass is 10.2. The van der Waals surface area contributed by atoms with Crippen LogP contribution >= 0.6 is 0 Å². The molecule has 20 heavy (non-hydrogen) atoms. The molecule has 0 saturated carbocycles. The zero-order valence-corrected chi connectivity index (χ0v) is 11.3. The molecule has 0 unspecified atom stereocenters. The number of methoxy groups -OCH3 is 1. The van der Waals surface area contributed by atoms with Crippen molar-refractivity contribution in [3.8, 4) is 17.1 Å². The zero-order valence-electron chi connectivity index (χ0n) is 11.3. The number of nitrogens with zero attached hydrogens (tertiary/aromatic N) is 4. The number of pyridine rings is 1. The second kappa shape index (κ2) is 5.83. The lowest BCUT2D eigenvalue weighted by molar-refractivity contribution is 0.122. The molecule has 0 radical (unpaired) electrons. The maximum absolute atomic E-state index is 5.35. The molecule has 1 aliphatic heterocycles. The Morgan fingerprint density at radius 1 is 1.15 bits per heavy atom. The third kappa shape index (κ3) is 2.70. The van der Waals surface area contributed by atoms with E-state index in [1.165, 1.54) is 0 Å². The van der Waals surface area contributed by atoms with Gasteiger partial charge in [-0.25, -0.2) is 15.0 Å². The Hall–Kier alpha value is -2.21. The molecule has 3 heterocycles. The Morgan fingerprint density at radius 3 is 2.70 bits per heavy atom. The third-order valence-electron chi connectivity index (χ3n) is 3.23. The molecular weight excluding hydrogens is 256 g/mol. The number of anilines is 1. The first-order valence-electron chi connectivity index (χ1n) is 6.52. The zero-order chi connectivity index (χ0) is 13.8. The molecule has 6 heteroatoms. The summed E-state index contributed by atoms with van der Waals surface area (Å²) in [7, 11) is 1.60. The molecule has 2 aromatic rings. The molecule has 0 bridgehead atoms. The van der Waals surface area contributed by atoms with Crippen LogP contribution in [0.4, 0.5) is 5.82 Å². The van der Waals surface area contributed by atoms with E-state index in [0.29, 0.717) is 5.88 Å². The molecule has 0 atom stereocenters. The quantitative estimate of drug-likeness (QED) is 0.841. The largest absolute Gasteiger partial charge is 0.481 e. The number of ether oxygens (including phenoxy) is 2. The lowest BCUT2D eigenvalue weighted by Gasteiger charge is -2.27. The van der Waals surface area contributed by atoms with Gasteiger partial charge in [0.25, 0.3) is 0 Å². The van der Waals surface area contributed by atoms with E-state index in [2.05, 4.69) is 19.9 Å². The van der Waals surface area contributed by atoms with Gasteiger partial charge in [0.05, 0.1) is 26.0 Å². The standard InChI is InChI=1S/C14H16N4O2/c1-19-14-3-2-11(9-15-14)12-8-13(17-10-16-12)18-4-6-20-7-5-18/h2-3,8-10H,4-7H2,1H3. The van der Waals surface area contributed by atoms with Crippen molar-refractivity contribution in [2.24, 2.45) is 0 Å². The third-order valence-corrected chi connectivity index (χ3v) is 3.23. The lowest BCUT2D eigenvalue weighted by Crippen LogP contribution is -2.36. The molecule has 0 aliphatic carbocycles. The van der Waals surface area contributed by atoms with E-state index < -0.39 is 0 Å². The molecule has 1 aliphatic rings. The second-order valence-corrected chi connectivity index (χ2v) is 4.45. The van der Waals surface area contributed by atoms with Gasteiger partial charge in [-0.05, 0) is 6.07 Å². The normalized spacial score (nSPS) is 15.2. The highest BCUT2D eigenvalue weighted by molar-refractivity contribution is 5.62. The van der Waals surface area contributed by atoms with Gasteiger partial charge in [-0.1, -0.05) is 0 Å². The first kappa shape index (κ1) is 12.8. The van der Waals surface area contributed by atoms with Gasteiger partial charge in [0, 0.05) is 37.0 Å². The van der Waals surface area contributed by atoms with Crippen LogP contribution in [0.2, 0.25) is 0 Å². The van der Waals surface area contributed by atoms with Crippen LogP contribution in [0.15, 0.2) is 30.7 Å². The average Bonchev–Trinajstić information content (AvgIpc) is 2.56. The van der Waals surface area contributed by atoms with Gasteiger partial charge in [-0.3, -0.25) is 0 Å². The Kier molecular flexibility index (Phi) is 3.73. The first-order valence-corrected chi connectivity index (χ1v) is 6.52. The molecule has 6 nitrogen and oxygen atoms in total. The highest BCUT2D eigenvalue weighted by Crippen LogP contribution is 2.21. The first-order chi connectivity index (χ1) is 9.86. The molecule has 0 aromatic carbocycles. The second-order valence-electron chi connectivity index (χ2n) is 4.45. The average molecular weight is 272 g/mol. The van der Waals surface area contributed by atoms with Crippen LogP contribution in [0.25, 0.3) is 11.3 Å². The topological polar surface area (TPSA) is 60.4 Å². The molecule has 3 rings (SSSR count). The van der Waals surface area contributed by atoms with Crippen molar-refractivity contribution >= 4 is 5.82 Å². The molecular formula is C14H16N4O2. The van der Waals surface area contributed by atoms with Crippen molar-refractivity contribution in [1.29, 1.82) is 0 Å². The summed E-state index contributed by atoms with van der Waals surface area (Å²) >= 11 is 0. The van der Waals surface area contributed by atoms with E-state index in [1.54, 1.807) is 19.6 Å². The molecule has 1 fully saturated rings. The minimum atomic E-state index is 0.594. The Bertz CT molecular complexity index is 568. The van der Waals surface area contributed by atoms with Gasteiger partial charge in [-0.15, -0.1) is 0 Å². The van der Waals surface area contributed by atoms with E-state index in [0.717, 1.165) is 43.4 Å². The molecule has 1 saturated heterocycles. The maximum Gasteiger partial charge on any atom is 0.212 e. The molecule has 104 valence electrons. The van der Waals surface area contributed by atoms with Crippen LogP contribution < -0.4 is 9.64 Å². The summed E-state index contributed by atoms with van der Waals surface area (Å²) in [6, 6.07) is 5.75. The van der Waals surface area contributed by atoms with Crippen LogP contribution in [-0.4, -0.2) is 48.4 Å². The van der Waals surface area contributed by atoms with Crippen LogP contribution in [0, 0.1) is 0 Å². The monoisotopic (exact) mass is 272 g/mol. The predicted octanol–water partition coefficient (Wildman–Crippen LogP) is 1.38. The van der Waals surface area contributed by atoms with Crippen molar-refractivity contribution in [2.45, 2.75) is 0 Å². The summed E-state index contributed by atoms with van der Waals surface area (Å²) in [5.74, 6) is 1.52. The van der Waals surface area contributed by atoms with E-state index in [9.17, 15) is 0 Å². The molecule has 0 spiro atoms. The van der Waals surface area contributed by atoms with Gasteiger partial charge in [0.15, 0.2) is 0 Å². The fourth-order valence-electron chi connectivity index (χ4n) is 2.12. The van der Waals surface area contributed by atoms with E-state index >= 15 is 0 Å². The summed E-state index contributed by atoms with van der Waals surface area (Å²) in [6.45, 7) is 3.20. The summed E-state index contributed by atoms with van der Waals surface area (Å²) < 4.78 is 10.4. The predicted molar refractivity (Wildman–Crippen MR) is 74.8 cm³/mol. The number of hydrogen-bond acceptors (Lipinski definition) is 6. The minimum Gasteiger partial charge on any atom is -0.481 e. The fraction of sp³-hybridized carbons (Fsp3) is 0.357. The molecule has 2 aromatic heterocycles. The highest BCUT2D eigenvalue weighted by atomic mass is 16.5. The Labute approximate surface area is 117 Å². The van der Waals surface area contributed by atoms with Crippen molar-refractivity contribution in [1.82, 2.24) is 15.0 Å². The van der Waals surface area contributed by atoms with Gasteiger partial charge in [0.1, 0.15) is 12.1 Å². The van der Waals surface area contributed by atoms with Gasteiger partial charge >= 0.3 is 0 Å². The van der Waals surface area contributed by atoms with Crippen LogP contribution in [-0.2, 0) is 4.74 Å². The van der Waals surface area contributed by atoms with E-state index in [-0.39, 0.29) is 0 Å². The van der Waals surface area contributed by atoms with E-state index in [4.69, 9.17) is 9.47 Å². The maximum atomic E-state index is 5.35. The van der Waals surface area contributed by atoms with Gasteiger partial charge in [0.2, 0.25) is 5.88 Å². The SMILES string of the molecule is COc1ccc(-c2cc(N3CCOCC3)ncn2)cn1. The molecule has 0 N–H and O–H groups in total. The van der Waals surface area contributed by atoms with Crippen molar-refractivity contribution in [2.75, 3.05) is 38.3 Å². The van der Waals surface area contributed by atoms with Crippen LogP contribution in [0.5, 0.6) is 5.88 Å². The van der Waals surface area contributed by atoms with Crippen LogP contribution in [0.3, 0.4) is 0 Å². The Balaban J connectivity index is 1.85. The highest BCUT2D eigenvalue weighted by Gasteiger charge is 2.13. The van der Waals surface area contributed by atoms with Crippen molar-refractivity contribution in [3.05, 3.63) is 30.7 Å². The Morgan fingerprint density at radius 2 is 2.00 bits per heavy atom. The minimum absolute atomic E-state index is 0.594. The summed E-state index contributed by atoms with van der Waals surface area (Å²) in [6.07, 6.45) is 3.34. The summed E-state index contributed by atoms with van der Waals surface area (Å²) in [5.41, 5.74) is 1.80. The number of rotatable bonds is 3. The van der Waals surface area contributed by atoms with Gasteiger partial charge < -0.3 is 14.4 Å². The van der Waals surface area contributed by atoms with Gasteiger partial charge in [-0.2, -0.15) is 0 Å².